The van der Waals surface area contributed by atoms with Crippen LogP contribution in [0.4, 0.5) is 17.6 Å². The molecule has 0 radical (unpaired) electrons. The van der Waals surface area contributed by atoms with Gasteiger partial charge in [-0.2, -0.15) is 17.6 Å². The van der Waals surface area contributed by atoms with E-state index in [0.717, 1.165) is 103 Å². The second-order valence-electron chi connectivity index (χ2n) is 28.9. The summed E-state index contributed by atoms with van der Waals surface area (Å²) >= 11 is 0. The van der Waals surface area contributed by atoms with Crippen molar-refractivity contribution in [3.63, 3.8) is 0 Å². The Morgan fingerprint density at radius 1 is 0.412 bits per heavy atom. The van der Waals surface area contributed by atoms with E-state index in [0.29, 0.717) is 85.2 Å². The van der Waals surface area contributed by atoms with Gasteiger partial charge in [-0.3, -0.25) is 9.59 Å². The maximum Gasteiger partial charge on any atom is 1.00 e. The fourth-order valence-electron chi connectivity index (χ4n) is 17.6. The monoisotopic (exact) mass is 1550 g/mol. The fourth-order valence-corrected chi connectivity index (χ4v) is 22.1. The van der Waals surface area contributed by atoms with Crippen LogP contribution < -0.4 is 46.5 Å². The molecule has 0 saturated heterocycles. The smallest absolute Gasteiger partial charge is 1.00 e. The molecule has 8 bridgehead atoms. The number of halogens is 5. The van der Waals surface area contributed by atoms with Gasteiger partial charge in [-0.25, -0.2) is 26.4 Å². The number of ether oxygens (including phenoxy) is 4. The molecular weight excluding hydrogens is 1470 g/mol. The molecule has 0 spiro atoms. The summed E-state index contributed by atoms with van der Waals surface area (Å²) in [6.45, 7) is 0.874. The molecule has 24 heteroatoms. The fraction of sp³-hybridized carbons (Fsp3) is 0.487. The van der Waals surface area contributed by atoms with Gasteiger partial charge in [-0.15, -0.1) is 0 Å². The van der Waals surface area contributed by atoms with Crippen LogP contribution in [0.15, 0.2) is 199 Å². The van der Waals surface area contributed by atoms with Crippen LogP contribution >= 0.6 is 0 Å². The molecule has 6 aromatic carbocycles. The van der Waals surface area contributed by atoms with E-state index in [-0.39, 0.29) is 91.5 Å². The van der Waals surface area contributed by atoms with Gasteiger partial charge in [-0.05, 0) is 274 Å². The molecule has 0 N–H and O–H groups in total. The Morgan fingerprint density at radius 2 is 0.637 bits per heavy atom. The third-order valence-corrected chi connectivity index (χ3v) is 28.1. The maximum absolute atomic E-state index is 13.1. The molecule has 0 unspecified atom stereocenters. The van der Waals surface area contributed by atoms with E-state index in [1.165, 1.54) is 29.4 Å². The first-order chi connectivity index (χ1) is 47.6. The molecule has 0 heterocycles. The van der Waals surface area contributed by atoms with Crippen LogP contribution in [0, 0.1) is 46.3 Å². The SMILES string of the molecule is CCC1(OC(=O)c2ccc([S+](c3ccccc3)c3ccccc3)cc2)CCCC1.CCC1(OC(=O)c2ccc([S+](c3ccccc3)c3ccccc3)cc2)CCCC1.O=C(OCC(F)(F)S(=O)(=O)[O-])C12CC3CC(CC(C3)C1)C2.O=C(OCC(F)(F)S(=O)(=O)[O-])C12CC3CC(CC(C3)C1)C2.[Br-].[Na+]. The Kier molecular flexibility index (Phi) is 27.2. The zero-order valence-electron chi connectivity index (χ0n) is 57.8. The number of benzene rings is 6. The Labute approximate surface area is 635 Å². The zero-order valence-corrected chi connectivity index (χ0v) is 64.7. The maximum atomic E-state index is 13.1. The average molecular weight is 1560 g/mol. The molecule has 10 fully saturated rings. The molecule has 16 rings (SSSR count). The predicted octanol–water partition coefficient (Wildman–Crippen LogP) is 11.1. The van der Waals surface area contributed by atoms with Crippen molar-refractivity contribution in [1.29, 1.82) is 0 Å². The number of esters is 4. The van der Waals surface area contributed by atoms with Crippen molar-refractivity contribution in [2.75, 3.05) is 13.2 Å². The summed E-state index contributed by atoms with van der Waals surface area (Å²) in [6.07, 6.45) is 20.6. The van der Waals surface area contributed by atoms with E-state index >= 15 is 0 Å². The molecule has 0 aromatic heterocycles. The van der Waals surface area contributed by atoms with Gasteiger partial charge in [0.1, 0.15) is 11.2 Å². The Bertz CT molecular complexity index is 3610. The van der Waals surface area contributed by atoms with Crippen molar-refractivity contribution in [1.82, 2.24) is 0 Å². The molecule has 544 valence electrons. The van der Waals surface area contributed by atoms with Gasteiger partial charge in [-0.1, -0.05) is 86.6 Å². The largest absolute Gasteiger partial charge is 1.00 e. The normalized spacial score (nSPS) is 24.6. The second-order valence-corrected chi connectivity index (χ2v) is 36.0. The quantitative estimate of drug-likeness (QED) is 0.0173. The van der Waals surface area contributed by atoms with Crippen LogP contribution in [0.1, 0.15) is 176 Å². The van der Waals surface area contributed by atoms with Crippen LogP contribution in [0.5, 0.6) is 0 Å². The van der Waals surface area contributed by atoms with Gasteiger partial charge in [0.15, 0.2) is 62.8 Å². The Balaban J connectivity index is 0.000000159. The Morgan fingerprint density at radius 3 is 0.853 bits per heavy atom. The van der Waals surface area contributed by atoms with Crippen molar-refractivity contribution in [3.05, 3.63) is 181 Å². The van der Waals surface area contributed by atoms with Crippen LogP contribution in [0.2, 0.25) is 0 Å². The van der Waals surface area contributed by atoms with Gasteiger partial charge in [0.2, 0.25) is 0 Å². The number of carbonyl (C=O) groups is 4. The van der Waals surface area contributed by atoms with E-state index in [1.54, 1.807) is 0 Å². The number of hydrogen-bond donors (Lipinski definition) is 0. The van der Waals surface area contributed by atoms with Crippen molar-refractivity contribution in [2.45, 2.75) is 206 Å². The first-order valence-electron chi connectivity index (χ1n) is 35.0. The second kappa shape index (κ2) is 34.2. The topological polar surface area (TPSA) is 220 Å². The minimum atomic E-state index is -5.81. The van der Waals surface area contributed by atoms with Gasteiger partial charge in [0, 0.05) is 0 Å². The Hall–Kier alpha value is -5.08. The summed E-state index contributed by atoms with van der Waals surface area (Å²) < 4.78 is 136. The average Bonchev–Trinajstić information content (AvgIpc) is 0.815. The minimum absolute atomic E-state index is 0. The number of hydrogen-bond acceptors (Lipinski definition) is 14. The summed E-state index contributed by atoms with van der Waals surface area (Å²) in [6, 6.07) is 58.1. The minimum Gasteiger partial charge on any atom is -1.00 e. The predicted molar refractivity (Wildman–Crippen MR) is 369 cm³/mol. The van der Waals surface area contributed by atoms with Gasteiger partial charge in [0.25, 0.3) is 0 Å². The number of rotatable bonds is 20. The van der Waals surface area contributed by atoms with Crippen LogP contribution in [0.25, 0.3) is 0 Å². The molecule has 102 heavy (non-hydrogen) atoms. The molecule has 0 atom stereocenters. The van der Waals surface area contributed by atoms with Crippen molar-refractivity contribution >= 4 is 65.9 Å². The summed E-state index contributed by atoms with van der Waals surface area (Å²) in [5.41, 5.74) is -0.715. The molecular formula is C78H88BrF4NaO14S4. The summed E-state index contributed by atoms with van der Waals surface area (Å²) in [5, 5.41) is -9.13. The van der Waals surface area contributed by atoms with Gasteiger partial charge in [0.05, 0.1) is 43.7 Å². The van der Waals surface area contributed by atoms with E-state index in [1.807, 2.05) is 48.5 Å². The molecule has 10 saturated carbocycles. The molecule has 0 aliphatic heterocycles. The van der Waals surface area contributed by atoms with E-state index in [4.69, 9.17) is 9.47 Å². The van der Waals surface area contributed by atoms with Crippen LogP contribution in [0.3, 0.4) is 0 Å². The standard InChI is InChI=1S/2C26H27O2S.2C13H18F2O5S.BrH.Na/c2*1-2-26(19-9-10-20-26)28-25(27)21-15-17-24(18-16-21)29(22-11-5-3-6-12-22)23-13-7-4-8-14-23;2*14-13(15,21(17,18)19)7-20-11(16)12-4-8-1-9(5-12)3-10(2-8)6-12;;/h2*3-8,11-18H,2,9-10,19-20H2,1H3;2*8-10H,1-7H2,(H,17,18,19);1H;/q2*+1;;;;+1/p-3. The third-order valence-electron chi connectivity index (χ3n) is 21.9. The van der Waals surface area contributed by atoms with Crippen LogP contribution in [-0.2, 0) is 70.6 Å². The van der Waals surface area contributed by atoms with E-state index in [9.17, 15) is 62.7 Å². The summed E-state index contributed by atoms with van der Waals surface area (Å²) in [5.74, 6) is 0.717. The van der Waals surface area contributed by atoms with Gasteiger partial charge < -0.3 is 45.0 Å². The molecule has 10 aliphatic rings. The van der Waals surface area contributed by atoms with Crippen molar-refractivity contribution in [3.8, 4) is 0 Å². The first kappa shape index (κ1) is 81.0. The third kappa shape index (κ3) is 19.2. The van der Waals surface area contributed by atoms with E-state index < -0.39 is 66.7 Å². The van der Waals surface area contributed by atoms with Crippen molar-refractivity contribution < 1.29 is 128 Å². The first-order valence-corrected chi connectivity index (χ1v) is 40.3. The molecule has 10 aliphatic carbocycles. The molecule has 0 amide bonds. The van der Waals surface area contributed by atoms with Crippen LogP contribution in [-0.4, -0.2) is 84.7 Å². The summed E-state index contributed by atoms with van der Waals surface area (Å²) in [4.78, 5) is 57.4. The van der Waals surface area contributed by atoms with Gasteiger partial charge >= 0.3 is 63.9 Å². The molecule has 6 aromatic rings. The molecule has 14 nitrogen and oxygen atoms in total. The van der Waals surface area contributed by atoms with E-state index in [2.05, 4.69) is 145 Å². The van der Waals surface area contributed by atoms with Crippen molar-refractivity contribution in [2.24, 2.45) is 46.3 Å². The number of carbonyl (C=O) groups excluding carboxylic acids is 4. The summed E-state index contributed by atoms with van der Waals surface area (Å²) in [7, 11) is -12.0. The zero-order chi connectivity index (χ0) is 71.1. The number of alkyl halides is 4.